The molecular formula is C42H57ClN6O11S. The summed E-state index contributed by atoms with van der Waals surface area (Å²) < 4.78 is 54.7. The lowest BCUT2D eigenvalue weighted by Crippen LogP contribution is -2.57. The number of pyridine rings is 1. The first-order valence-electron chi connectivity index (χ1n) is 20.4. The van der Waals surface area contributed by atoms with Crippen molar-refractivity contribution in [3.05, 3.63) is 53.1 Å². The van der Waals surface area contributed by atoms with Gasteiger partial charge in [0.15, 0.2) is 9.84 Å². The minimum atomic E-state index is -3.45. The van der Waals surface area contributed by atoms with Crippen LogP contribution < -0.4 is 10.2 Å². The van der Waals surface area contributed by atoms with Crippen LogP contribution in [-0.4, -0.2) is 146 Å². The molecule has 0 bridgehead atoms. The van der Waals surface area contributed by atoms with Gasteiger partial charge in [0.05, 0.1) is 98.7 Å². The summed E-state index contributed by atoms with van der Waals surface area (Å²) in [6, 6.07) is 5.89. The van der Waals surface area contributed by atoms with Crippen LogP contribution in [0.15, 0.2) is 36.7 Å². The minimum Gasteiger partial charge on any atom is -0.444 e. The number of aromatic nitrogens is 3. The number of ether oxygens (including phenoxy) is 5. The number of anilines is 1. The molecule has 5 rings (SSSR count). The lowest BCUT2D eigenvalue weighted by molar-refractivity contribution is -0.139. The van der Waals surface area contributed by atoms with Gasteiger partial charge in [-0.25, -0.2) is 18.2 Å². The molecular weight excluding hydrogens is 832 g/mol. The summed E-state index contributed by atoms with van der Waals surface area (Å²) in [5.41, 5.74) is 1.01. The zero-order valence-electron chi connectivity index (χ0n) is 35.3. The largest absolute Gasteiger partial charge is 0.444 e. The van der Waals surface area contributed by atoms with Gasteiger partial charge in [-0.1, -0.05) is 17.5 Å². The van der Waals surface area contributed by atoms with Gasteiger partial charge in [0, 0.05) is 30.9 Å². The molecule has 2 aliphatic rings. The van der Waals surface area contributed by atoms with Crippen molar-refractivity contribution in [1.29, 1.82) is 0 Å². The van der Waals surface area contributed by atoms with Gasteiger partial charge in [-0.3, -0.25) is 14.6 Å². The normalized spacial score (nSPS) is 16.1. The second-order valence-electron chi connectivity index (χ2n) is 16.0. The standard InChI is InChI=1S/C42H57ClN6O11S/c1-6-17-56-18-19-57-20-21-58-22-23-59-24-26-61(54,55)25-7-14-48-34-9-8-31(43)27-33(34)45-36(48)29-49-35-28-44-13-10-32(35)42(39(49)52)11-15-47(16-12-42)38(51)37(30(2)50)46-40(53)60-41(3,4)5/h1,8-10,13,27-28,30,37,50H,7,11-12,14-26,29H2,2-5H3,(H,46,53)/t30-,37+/m1/s1. The molecule has 1 fully saturated rings. The molecule has 0 aliphatic carbocycles. The lowest BCUT2D eigenvalue weighted by atomic mass is 9.74. The number of halogens is 1. The maximum Gasteiger partial charge on any atom is 0.408 e. The van der Waals surface area contributed by atoms with E-state index in [0.29, 0.717) is 74.5 Å². The lowest BCUT2D eigenvalue weighted by Gasteiger charge is -2.40. The number of nitrogens with one attached hydrogen (secondary N) is 1. The quantitative estimate of drug-likeness (QED) is 0.110. The molecule has 2 N–H and O–H groups in total. The SMILES string of the molecule is C#CCOCCOCCOCCOCCS(=O)(=O)CCCn1c(CN2C(=O)C3(CCN(C(=O)[C@@H](NC(=O)OC(C)(C)C)[C@@H](C)O)CC3)c3ccncc32)nc2cc(Cl)ccc21. The number of terminal acetylenes is 1. The Hall–Kier alpha value is -4.35. The van der Waals surface area contributed by atoms with Crippen LogP contribution >= 0.6 is 11.6 Å². The van der Waals surface area contributed by atoms with Crippen molar-refractivity contribution in [3.63, 3.8) is 0 Å². The fourth-order valence-electron chi connectivity index (χ4n) is 7.44. The number of carbonyl (C=O) groups excluding carboxylic acids is 3. The number of hydrogen-bond donors (Lipinski definition) is 2. The Bertz CT molecular complexity index is 2130. The number of alkyl carbamates (subject to hydrolysis) is 1. The van der Waals surface area contributed by atoms with E-state index >= 15 is 0 Å². The highest BCUT2D eigenvalue weighted by Gasteiger charge is 2.53. The molecule has 0 radical (unpaired) electrons. The molecule has 3 aromatic rings. The van der Waals surface area contributed by atoms with Crippen LogP contribution in [0, 0.1) is 12.3 Å². The maximum atomic E-state index is 14.6. The highest BCUT2D eigenvalue weighted by molar-refractivity contribution is 7.91. The number of rotatable bonds is 22. The van der Waals surface area contributed by atoms with Crippen LogP contribution in [0.5, 0.6) is 0 Å². The van der Waals surface area contributed by atoms with Crippen LogP contribution in [-0.2, 0) is 61.6 Å². The molecule has 1 aromatic carbocycles. The summed E-state index contributed by atoms with van der Waals surface area (Å²) in [6.45, 7) is 9.72. The van der Waals surface area contributed by atoms with Crippen molar-refractivity contribution < 1.29 is 51.6 Å². The summed E-state index contributed by atoms with van der Waals surface area (Å²) in [5, 5.41) is 13.4. The van der Waals surface area contributed by atoms with E-state index in [9.17, 15) is 27.9 Å². The topological polar surface area (TPSA) is 201 Å². The molecule has 0 unspecified atom stereocenters. The van der Waals surface area contributed by atoms with E-state index in [0.717, 1.165) is 11.1 Å². The van der Waals surface area contributed by atoms with E-state index in [1.165, 1.54) is 6.92 Å². The molecule has 2 aromatic heterocycles. The van der Waals surface area contributed by atoms with E-state index < -0.39 is 45.0 Å². The highest BCUT2D eigenvalue weighted by Crippen LogP contribution is 2.48. The van der Waals surface area contributed by atoms with E-state index in [1.807, 2.05) is 16.7 Å². The molecule has 4 heterocycles. The first-order chi connectivity index (χ1) is 29.0. The average molecular weight is 889 g/mol. The van der Waals surface area contributed by atoms with Gasteiger partial charge in [-0.15, -0.1) is 6.42 Å². The van der Waals surface area contributed by atoms with Crippen LogP contribution in [0.25, 0.3) is 11.0 Å². The van der Waals surface area contributed by atoms with Crippen LogP contribution in [0.3, 0.4) is 0 Å². The minimum absolute atomic E-state index is 0.0365. The van der Waals surface area contributed by atoms with Crippen LogP contribution in [0.4, 0.5) is 10.5 Å². The Morgan fingerprint density at radius 3 is 2.31 bits per heavy atom. The van der Waals surface area contributed by atoms with E-state index in [1.54, 1.807) is 55.1 Å². The third-order valence-electron chi connectivity index (χ3n) is 10.4. The molecule has 61 heavy (non-hydrogen) atoms. The number of likely N-dealkylation sites (tertiary alicyclic amines) is 1. The van der Waals surface area contributed by atoms with Crippen LogP contribution in [0.2, 0.25) is 5.02 Å². The fourth-order valence-corrected chi connectivity index (χ4v) is 8.75. The van der Waals surface area contributed by atoms with Gasteiger partial charge < -0.3 is 48.5 Å². The zero-order valence-corrected chi connectivity index (χ0v) is 36.8. The molecule has 3 amide bonds. The summed E-state index contributed by atoms with van der Waals surface area (Å²) in [6.07, 6.45) is 7.27. The second kappa shape index (κ2) is 21.6. The Morgan fingerprint density at radius 1 is 1.02 bits per heavy atom. The Morgan fingerprint density at radius 2 is 1.67 bits per heavy atom. The van der Waals surface area contributed by atoms with Crippen molar-refractivity contribution in [2.45, 2.75) is 83.2 Å². The monoisotopic (exact) mass is 888 g/mol. The third kappa shape index (κ3) is 12.8. The number of nitrogens with zero attached hydrogens (tertiary/aromatic N) is 5. The number of amides is 3. The second-order valence-corrected chi connectivity index (χ2v) is 18.7. The molecule has 0 saturated carbocycles. The Labute approximate surface area is 362 Å². The third-order valence-corrected chi connectivity index (χ3v) is 12.3. The van der Waals surface area contributed by atoms with Gasteiger partial charge in [0.1, 0.15) is 24.1 Å². The highest BCUT2D eigenvalue weighted by atomic mass is 35.5. The summed E-state index contributed by atoms with van der Waals surface area (Å²) in [7, 11) is -3.45. The van der Waals surface area contributed by atoms with Crippen molar-refractivity contribution in [2.24, 2.45) is 0 Å². The first-order valence-corrected chi connectivity index (χ1v) is 22.6. The fraction of sp³-hybridized carbons (Fsp3) is 0.595. The number of fused-ring (bicyclic) bond motifs is 3. The number of aliphatic hydroxyl groups is 1. The van der Waals surface area contributed by atoms with Gasteiger partial charge in [0.2, 0.25) is 11.8 Å². The Balaban J connectivity index is 1.19. The zero-order chi connectivity index (χ0) is 44.2. The number of imidazole rings is 1. The predicted octanol–water partition coefficient (Wildman–Crippen LogP) is 3.27. The van der Waals surface area contributed by atoms with E-state index in [-0.39, 0.29) is 63.3 Å². The maximum absolute atomic E-state index is 14.6. The average Bonchev–Trinajstić information content (AvgIpc) is 3.65. The summed E-state index contributed by atoms with van der Waals surface area (Å²) in [5.74, 6) is 2.06. The molecule has 1 saturated heterocycles. The predicted molar refractivity (Wildman–Crippen MR) is 228 cm³/mol. The number of sulfone groups is 1. The van der Waals surface area contributed by atoms with Gasteiger partial charge in [-0.2, -0.15) is 0 Å². The van der Waals surface area contributed by atoms with Crippen LogP contribution in [0.1, 0.15) is 58.3 Å². The number of aliphatic hydroxyl groups excluding tert-OH is 1. The number of carbonyl (C=O) groups is 3. The molecule has 2 aliphatic heterocycles. The summed E-state index contributed by atoms with van der Waals surface area (Å²) >= 11 is 6.35. The molecule has 19 heteroatoms. The first kappa shape index (κ1) is 47.7. The molecule has 2 atom stereocenters. The molecule has 1 spiro atoms. The van der Waals surface area contributed by atoms with Gasteiger partial charge in [0.25, 0.3) is 0 Å². The number of aryl methyl sites for hydroxylation is 1. The molecule has 17 nitrogen and oxygen atoms in total. The number of hydrogen-bond acceptors (Lipinski definition) is 13. The smallest absolute Gasteiger partial charge is 0.408 e. The van der Waals surface area contributed by atoms with Crippen molar-refractivity contribution in [1.82, 2.24) is 24.8 Å². The van der Waals surface area contributed by atoms with Crippen molar-refractivity contribution in [3.8, 4) is 12.3 Å². The van der Waals surface area contributed by atoms with Gasteiger partial charge in [-0.05, 0) is 76.8 Å². The van der Waals surface area contributed by atoms with E-state index in [4.69, 9.17) is 46.7 Å². The Kier molecular flexibility index (Phi) is 16.9. The number of piperidine rings is 1. The summed E-state index contributed by atoms with van der Waals surface area (Å²) in [4.78, 5) is 53.2. The van der Waals surface area contributed by atoms with Crippen molar-refractivity contribution in [2.75, 3.05) is 82.4 Å². The molecule has 334 valence electrons. The van der Waals surface area contributed by atoms with E-state index in [2.05, 4.69) is 16.2 Å². The van der Waals surface area contributed by atoms with Gasteiger partial charge >= 0.3 is 6.09 Å². The number of benzene rings is 1. The van der Waals surface area contributed by atoms with Crippen molar-refractivity contribution >= 4 is 56.1 Å².